The third-order valence-corrected chi connectivity index (χ3v) is 6.02. The van der Waals surface area contributed by atoms with E-state index in [1.54, 1.807) is 11.8 Å². The van der Waals surface area contributed by atoms with Gasteiger partial charge >= 0.3 is 0 Å². The van der Waals surface area contributed by atoms with E-state index in [0.29, 0.717) is 12.3 Å². The Morgan fingerprint density at radius 3 is 2.07 bits per heavy atom. The van der Waals surface area contributed by atoms with E-state index in [9.17, 15) is 9.59 Å². The number of hydrogen-bond acceptors (Lipinski definition) is 3. The molecule has 0 heterocycles. The maximum Gasteiger partial charge on any atom is 0.242 e. The largest absolute Gasteiger partial charge is 0.352 e. The Morgan fingerprint density at radius 2 is 1.52 bits per heavy atom. The standard InChI is InChI=1S/C24H32N2O2S/c1-6-19(4)25-24(28)20(5)26(15-21-11-7-17(2)8-12-21)23(27)16-29-22-13-9-18(3)10-14-22/h7-14,19-20H,6,15-16H2,1-5H3,(H,25,28)/t19-,20-/m0/s1. The van der Waals surface area contributed by atoms with Gasteiger partial charge in [-0.25, -0.2) is 0 Å². The molecule has 2 aromatic rings. The number of benzene rings is 2. The van der Waals surface area contributed by atoms with Crippen molar-refractivity contribution in [1.82, 2.24) is 10.2 Å². The van der Waals surface area contributed by atoms with E-state index in [1.807, 2.05) is 76.2 Å². The van der Waals surface area contributed by atoms with Crippen LogP contribution in [0.25, 0.3) is 0 Å². The van der Waals surface area contributed by atoms with Gasteiger partial charge in [0, 0.05) is 17.5 Å². The van der Waals surface area contributed by atoms with Gasteiger partial charge in [0.25, 0.3) is 0 Å². The van der Waals surface area contributed by atoms with Crippen molar-refractivity contribution in [3.05, 3.63) is 65.2 Å². The summed E-state index contributed by atoms with van der Waals surface area (Å²) in [5.41, 5.74) is 3.38. The SMILES string of the molecule is CC[C@H](C)NC(=O)[C@H](C)N(Cc1ccc(C)cc1)C(=O)CSc1ccc(C)cc1. The first kappa shape index (κ1) is 23.0. The zero-order valence-corrected chi connectivity index (χ0v) is 18.9. The van der Waals surface area contributed by atoms with Crippen LogP contribution >= 0.6 is 11.8 Å². The maximum atomic E-state index is 13.1. The monoisotopic (exact) mass is 412 g/mol. The van der Waals surface area contributed by atoms with Gasteiger partial charge in [-0.1, -0.05) is 54.4 Å². The van der Waals surface area contributed by atoms with Crippen LogP contribution in [-0.2, 0) is 16.1 Å². The summed E-state index contributed by atoms with van der Waals surface area (Å²) in [5, 5.41) is 3.00. The molecule has 2 aromatic carbocycles. The summed E-state index contributed by atoms with van der Waals surface area (Å²) in [6.07, 6.45) is 0.855. The molecule has 1 N–H and O–H groups in total. The minimum atomic E-state index is -0.531. The number of rotatable bonds is 9. The number of carbonyl (C=O) groups is 2. The predicted molar refractivity (Wildman–Crippen MR) is 121 cm³/mol. The minimum absolute atomic E-state index is 0.0389. The van der Waals surface area contributed by atoms with Gasteiger partial charge in [0.1, 0.15) is 6.04 Å². The third kappa shape index (κ3) is 7.24. The van der Waals surface area contributed by atoms with Gasteiger partial charge in [-0.05, 0) is 51.8 Å². The fourth-order valence-corrected chi connectivity index (χ4v) is 3.59. The van der Waals surface area contributed by atoms with Crippen molar-refractivity contribution >= 4 is 23.6 Å². The molecular weight excluding hydrogens is 380 g/mol. The van der Waals surface area contributed by atoms with Crippen molar-refractivity contribution in [2.24, 2.45) is 0 Å². The predicted octanol–water partition coefficient (Wildman–Crippen LogP) is 4.73. The number of nitrogens with zero attached hydrogens (tertiary/aromatic N) is 1. The highest BCUT2D eigenvalue weighted by Gasteiger charge is 2.26. The van der Waals surface area contributed by atoms with Crippen molar-refractivity contribution in [1.29, 1.82) is 0 Å². The van der Waals surface area contributed by atoms with Crippen molar-refractivity contribution in [3.63, 3.8) is 0 Å². The van der Waals surface area contributed by atoms with Gasteiger partial charge < -0.3 is 10.2 Å². The number of amides is 2. The molecule has 2 amide bonds. The van der Waals surface area contributed by atoms with Gasteiger partial charge in [-0.3, -0.25) is 9.59 Å². The fraction of sp³-hybridized carbons (Fsp3) is 0.417. The molecule has 0 aliphatic heterocycles. The molecule has 156 valence electrons. The van der Waals surface area contributed by atoms with Gasteiger partial charge in [0.15, 0.2) is 0 Å². The lowest BCUT2D eigenvalue weighted by atomic mass is 10.1. The van der Waals surface area contributed by atoms with Gasteiger partial charge in [0.2, 0.25) is 11.8 Å². The highest BCUT2D eigenvalue weighted by molar-refractivity contribution is 8.00. The summed E-state index contributed by atoms with van der Waals surface area (Å²) in [7, 11) is 0. The van der Waals surface area contributed by atoms with Crippen LogP contribution in [0.2, 0.25) is 0 Å². The van der Waals surface area contributed by atoms with Crippen LogP contribution in [0.15, 0.2) is 53.4 Å². The summed E-state index contributed by atoms with van der Waals surface area (Å²) >= 11 is 1.50. The van der Waals surface area contributed by atoms with E-state index in [1.165, 1.54) is 22.9 Å². The van der Waals surface area contributed by atoms with E-state index < -0.39 is 6.04 Å². The molecule has 4 nitrogen and oxygen atoms in total. The number of hydrogen-bond donors (Lipinski definition) is 1. The van der Waals surface area contributed by atoms with Crippen LogP contribution < -0.4 is 5.32 Å². The lowest BCUT2D eigenvalue weighted by molar-refractivity contribution is -0.138. The molecular formula is C24H32N2O2S. The average Bonchev–Trinajstić information content (AvgIpc) is 2.72. The highest BCUT2D eigenvalue weighted by Crippen LogP contribution is 2.20. The fourth-order valence-electron chi connectivity index (χ4n) is 2.80. The molecule has 2 atom stereocenters. The number of thioether (sulfide) groups is 1. The Morgan fingerprint density at radius 1 is 0.966 bits per heavy atom. The Balaban J connectivity index is 2.13. The van der Waals surface area contributed by atoms with E-state index in [-0.39, 0.29) is 17.9 Å². The maximum absolute atomic E-state index is 13.1. The van der Waals surface area contributed by atoms with Gasteiger partial charge in [0.05, 0.1) is 5.75 Å². The normalized spacial score (nSPS) is 12.9. The summed E-state index contributed by atoms with van der Waals surface area (Å²) in [6, 6.07) is 15.8. The number of aryl methyl sites for hydroxylation is 2. The minimum Gasteiger partial charge on any atom is -0.352 e. The van der Waals surface area contributed by atoms with Gasteiger partial charge in [-0.15, -0.1) is 11.8 Å². The summed E-state index contributed by atoms with van der Waals surface area (Å²) in [4.78, 5) is 28.5. The Bertz CT molecular complexity index is 803. The van der Waals surface area contributed by atoms with Crippen molar-refractivity contribution in [3.8, 4) is 0 Å². The second-order valence-electron chi connectivity index (χ2n) is 7.60. The van der Waals surface area contributed by atoms with Crippen LogP contribution in [-0.4, -0.2) is 34.6 Å². The molecule has 0 saturated carbocycles. The zero-order valence-electron chi connectivity index (χ0n) is 18.1. The smallest absolute Gasteiger partial charge is 0.242 e. The quantitative estimate of drug-likeness (QED) is 0.606. The van der Waals surface area contributed by atoms with E-state index in [2.05, 4.69) is 5.32 Å². The molecule has 29 heavy (non-hydrogen) atoms. The van der Waals surface area contributed by atoms with E-state index >= 15 is 0 Å². The van der Waals surface area contributed by atoms with Crippen LogP contribution in [0, 0.1) is 13.8 Å². The molecule has 0 aromatic heterocycles. The van der Waals surface area contributed by atoms with E-state index in [0.717, 1.165) is 16.9 Å². The second-order valence-corrected chi connectivity index (χ2v) is 8.65. The van der Waals surface area contributed by atoms with Crippen molar-refractivity contribution in [2.75, 3.05) is 5.75 Å². The molecule has 5 heteroatoms. The summed E-state index contributed by atoms with van der Waals surface area (Å²) in [5.74, 6) is 0.152. The number of nitrogens with one attached hydrogen (secondary N) is 1. The Labute approximate surface area is 179 Å². The third-order valence-electron chi connectivity index (χ3n) is 5.03. The molecule has 0 saturated heterocycles. The van der Waals surface area contributed by atoms with E-state index in [4.69, 9.17) is 0 Å². The topological polar surface area (TPSA) is 49.4 Å². The van der Waals surface area contributed by atoms with Crippen LogP contribution in [0.5, 0.6) is 0 Å². The lowest BCUT2D eigenvalue weighted by Gasteiger charge is -2.29. The molecule has 0 aliphatic rings. The molecule has 0 bridgehead atoms. The van der Waals surface area contributed by atoms with Crippen LogP contribution in [0.1, 0.15) is 43.9 Å². The first-order valence-electron chi connectivity index (χ1n) is 10.1. The molecule has 0 fully saturated rings. The van der Waals surface area contributed by atoms with Crippen LogP contribution in [0.3, 0.4) is 0 Å². The summed E-state index contributed by atoms with van der Waals surface area (Å²) in [6.45, 7) is 10.3. The van der Waals surface area contributed by atoms with Crippen molar-refractivity contribution in [2.45, 2.75) is 64.6 Å². The molecule has 0 radical (unpaired) electrons. The average molecular weight is 413 g/mol. The first-order valence-corrected chi connectivity index (χ1v) is 11.1. The van der Waals surface area contributed by atoms with Gasteiger partial charge in [-0.2, -0.15) is 0 Å². The number of carbonyl (C=O) groups excluding carboxylic acids is 2. The van der Waals surface area contributed by atoms with Crippen molar-refractivity contribution < 1.29 is 9.59 Å². The highest BCUT2D eigenvalue weighted by atomic mass is 32.2. The zero-order chi connectivity index (χ0) is 21.4. The molecule has 0 unspecified atom stereocenters. The molecule has 0 aliphatic carbocycles. The van der Waals surface area contributed by atoms with Crippen LogP contribution in [0.4, 0.5) is 0 Å². The summed E-state index contributed by atoms with van der Waals surface area (Å²) < 4.78 is 0. The molecule has 0 spiro atoms. The Hall–Kier alpha value is -2.27. The molecule has 2 rings (SSSR count). The first-order chi connectivity index (χ1) is 13.8. The second kappa shape index (κ2) is 11.1. The Kier molecular flexibility index (Phi) is 8.77. The lowest BCUT2D eigenvalue weighted by Crippen LogP contribution is -2.50.